The summed E-state index contributed by atoms with van der Waals surface area (Å²) in [7, 11) is 0. The largest absolute Gasteiger partial charge is 0.481 e. The number of amides is 3. The molecule has 2 fully saturated rings. The second-order valence-corrected chi connectivity index (χ2v) is 5.34. The lowest BCUT2D eigenvalue weighted by Crippen LogP contribution is -2.45. The maximum atomic E-state index is 11.3. The van der Waals surface area contributed by atoms with Crippen molar-refractivity contribution in [1.29, 1.82) is 0 Å². The average Bonchev–Trinajstić information content (AvgIpc) is 2.87. The highest BCUT2D eigenvalue weighted by Crippen LogP contribution is 2.48. The summed E-state index contributed by atoms with van der Waals surface area (Å²) in [4.78, 5) is 33.0. The summed E-state index contributed by atoms with van der Waals surface area (Å²) in [5.41, 5.74) is 4.83. The van der Waals surface area contributed by atoms with Gasteiger partial charge in [-0.2, -0.15) is 0 Å². The predicted molar refractivity (Wildman–Crippen MR) is 66.1 cm³/mol. The first-order valence-electron chi connectivity index (χ1n) is 6.54. The van der Waals surface area contributed by atoms with Gasteiger partial charge in [-0.15, -0.1) is 0 Å². The highest BCUT2D eigenvalue weighted by Gasteiger charge is 2.50. The van der Waals surface area contributed by atoms with E-state index < -0.39 is 17.9 Å². The highest BCUT2D eigenvalue weighted by molar-refractivity contribution is 5.93. The van der Waals surface area contributed by atoms with Gasteiger partial charge in [0.25, 0.3) is 0 Å². The van der Waals surface area contributed by atoms with Crippen molar-refractivity contribution in [3.63, 3.8) is 0 Å². The van der Waals surface area contributed by atoms with Crippen LogP contribution in [0, 0.1) is 17.8 Å². The number of nitrogens with two attached hydrogens (primary N) is 1. The fourth-order valence-electron chi connectivity index (χ4n) is 3.49. The molecule has 106 valence electrons. The third-order valence-electron chi connectivity index (χ3n) is 4.20. The van der Waals surface area contributed by atoms with Crippen molar-refractivity contribution < 1.29 is 19.5 Å². The van der Waals surface area contributed by atoms with Gasteiger partial charge in [-0.25, -0.2) is 4.79 Å². The van der Waals surface area contributed by atoms with Crippen LogP contribution in [0.2, 0.25) is 0 Å². The lowest BCUT2D eigenvalue weighted by Gasteiger charge is -2.28. The monoisotopic (exact) mass is 269 g/mol. The number of imide groups is 1. The molecule has 7 nitrogen and oxygen atoms in total. The third kappa shape index (κ3) is 3.04. The molecule has 0 aromatic carbocycles. The molecule has 3 amide bonds. The maximum Gasteiger partial charge on any atom is 0.318 e. The average molecular weight is 269 g/mol. The molecule has 7 heteroatoms. The Hall–Kier alpha value is -1.63. The zero-order valence-electron chi connectivity index (χ0n) is 10.6. The maximum absolute atomic E-state index is 11.3. The lowest BCUT2D eigenvalue weighted by atomic mass is 9.84. The van der Waals surface area contributed by atoms with Crippen LogP contribution in [0.1, 0.15) is 25.7 Å². The Kier molecular flexibility index (Phi) is 4.04. The van der Waals surface area contributed by atoms with Gasteiger partial charge >= 0.3 is 12.0 Å². The van der Waals surface area contributed by atoms with Crippen LogP contribution in [0.3, 0.4) is 0 Å². The summed E-state index contributed by atoms with van der Waals surface area (Å²) >= 11 is 0. The van der Waals surface area contributed by atoms with Gasteiger partial charge in [0.2, 0.25) is 5.91 Å². The van der Waals surface area contributed by atoms with Crippen LogP contribution < -0.4 is 16.4 Å². The minimum atomic E-state index is -0.867. The summed E-state index contributed by atoms with van der Waals surface area (Å²) in [6, 6.07) is -0.925. The molecule has 5 N–H and O–H groups in total. The Morgan fingerprint density at radius 2 is 1.89 bits per heavy atom. The number of rotatable bonds is 5. The van der Waals surface area contributed by atoms with Crippen LogP contribution in [0.15, 0.2) is 0 Å². The number of carboxylic acid groups (broad SMARTS) is 1. The predicted octanol–water partition coefficient (Wildman–Crippen LogP) is -0.340. The molecule has 0 spiro atoms. The van der Waals surface area contributed by atoms with Crippen LogP contribution in [0.4, 0.5) is 4.79 Å². The summed E-state index contributed by atoms with van der Waals surface area (Å²) in [5.74, 6) is -0.899. The van der Waals surface area contributed by atoms with E-state index in [0.29, 0.717) is 12.5 Å². The van der Waals surface area contributed by atoms with Crippen molar-refractivity contribution in [2.75, 3.05) is 6.54 Å². The SMILES string of the molecule is NC(=O)NC(=O)CCNC1C2CCC(C2)C1C(=O)O. The summed E-state index contributed by atoms with van der Waals surface area (Å²) in [6.07, 6.45) is 3.12. The van der Waals surface area contributed by atoms with Gasteiger partial charge in [0.1, 0.15) is 0 Å². The van der Waals surface area contributed by atoms with E-state index in [1.54, 1.807) is 0 Å². The first kappa shape index (κ1) is 13.8. The molecule has 0 saturated heterocycles. The normalized spacial score (nSPS) is 32.2. The molecule has 2 aliphatic carbocycles. The van der Waals surface area contributed by atoms with Gasteiger partial charge in [-0.3, -0.25) is 14.9 Å². The highest BCUT2D eigenvalue weighted by atomic mass is 16.4. The van der Waals surface area contributed by atoms with E-state index >= 15 is 0 Å². The molecular weight excluding hydrogens is 250 g/mol. The van der Waals surface area contributed by atoms with Crippen molar-refractivity contribution in [3.05, 3.63) is 0 Å². The number of carbonyl (C=O) groups is 3. The Morgan fingerprint density at radius 1 is 1.21 bits per heavy atom. The molecule has 2 bridgehead atoms. The molecule has 0 aliphatic heterocycles. The molecule has 2 aliphatic rings. The zero-order valence-corrected chi connectivity index (χ0v) is 10.6. The summed E-state index contributed by atoms with van der Waals surface area (Å²) in [6.45, 7) is 0.358. The molecule has 19 heavy (non-hydrogen) atoms. The molecule has 0 aromatic rings. The van der Waals surface area contributed by atoms with Crippen molar-refractivity contribution in [2.24, 2.45) is 23.5 Å². The van der Waals surface area contributed by atoms with Crippen molar-refractivity contribution in [1.82, 2.24) is 10.6 Å². The van der Waals surface area contributed by atoms with Crippen LogP contribution in [-0.4, -0.2) is 35.6 Å². The van der Waals surface area contributed by atoms with Crippen molar-refractivity contribution in [3.8, 4) is 0 Å². The van der Waals surface area contributed by atoms with E-state index in [0.717, 1.165) is 19.3 Å². The molecule has 0 aromatic heterocycles. The smallest absolute Gasteiger partial charge is 0.318 e. The third-order valence-corrected chi connectivity index (χ3v) is 4.20. The Bertz CT molecular complexity index is 398. The number of hydrogen-bond acceptors (Lipinski definition) is 4. The van der Waals surface area contributed by atoms with E-state index in [9.17, 15) is 19.5 Å². The van der Waals surface area contributed by atoms with Gasteiger partial charge in [0.15, 0.2) is 0 Å². The summed E-state index contributed by atoms with van der Waals surface area (Å²) in [5, 5.41) is 14.4. The Labute approximate surface area is 110 Å². The summed E-state index contributed by atoms with van der Waals surface area (Å²) < 4.78 is 0. The lowest BCUT2D eigenvalue weighted by molar-refractivity contribution is -0.144. The Balaban J connectivity index is 1.80. The number of fused-ring (bicyclic) bond motifs is 2. The minimum absolute atomic E-state index is 0.0578. The Morgan fingerprint density at radius 3 is 2.53 bits per heavy atom. The van der Waals surface area contributed by atoms with Crippen molar-refractivity contribution in [2.45, 2.75) is 31.7 Å². The fourth-order valence-corrected chi connectivity index (χ4v) is 3.49. The number of carboxylic acids is 1. The number of aliphatic carboxylic acids is 1. The van der Waals surface area contributed by atoms with Gasteiger partial charge in [-0.05, 0) is 31.1 Å². The number of nitrogens with one attached hydrogen (secondary N) is 2. The molecule has 0 heterocycles. The van der Waals surface area contributed by atoms with Crippen LogP contribution in [0.5, 0.6) is 0 Å². The van der Waals surface area contributed by atoms with E-state index in [4.69, 9.17) is 5.73 Å². The first-order valence-corrected chi connectivity index (χ1v) is 6.54. The van der Waals surface area contributed by atoms with Gasteiger partial charge in [0.05, 0.1) is 5.92 Å². The van der Waals surface area contributed by atoms with Gasteiger partial charge in [-0.1, -0.05) is 0 Å². The van der Waals surface area contributed by atoms with E-state index in [2.05, 4.69) is 5.32 Å². The second kappa shape index (κ2) is 5.56. The number of primary amides is 1. The molecular formula is C12H19N3O4. The van der Waals surface area contributed by atoms with Crippen LogP contribution in [-0.2, 0) is 9.59 Å². The van der Waals surface area contributed by atoms with Gasteiger partial charge in [0, 0.05) is 19.0 Å². The number of urea groups is 1. The zero-order chi connectivity index (χ0) is 14.0. The number of carbonyl (C=O) groups excluding carboxylic acids is 2. The minimum Gasteiger partial charge on any atom is -0.481 e. The fraction of sp³-hybridized carbons (Fsp3) is 0.750. The standard InChI is InChI=1S/C12H19N3O4/c13-12(19)15-8(16)3-4-14-10-7-2-1-6(5-7)9(10)11(17)18/h6-7,9-10,14H,1-5H2,(H,17,18)(H3,13,15,16,19). The number of hydrogen-bond donors (Lipinski definition) is 4. The van der Waals surface area contributed by atoms with Crippen LogP contribution >= 0.6 is 0 Å². The molecule has 4 unspecified atom stereocenters. The first-order chi connectivity index (χ1) is 8.99. The van der Waals surface area contributed by atoms with Crippen LogP contribution in [0.25, 0.3) is 0 Å². The van der Waals surface area contributed by atoms with E-state index in [1.165, 1.54) is 0 Å². The quantitative estimate of drug-likeness (QED) is 0.544. The molecule has 2 saturated carbocycles. The van der Waals surface area contributed by atoms with E-state index in [1.807, 2.05) is 5.32 Å². The molecule has 2 rings (SSSR count). The van der Waals surface area contributed by atoms with Gasteiger partial charge < -0.3 is 16.2 Å². The second-order valence-electron chi connectivity index (χ2n) is 5.34. The topological polar surface area (TPSA) is 122 Å². The molecule has 0 radical (unpaired) electrons. The van der Waals surface area contributed by atoms with Crippen molar-refractivity contribution >= 4 is 17.9 Å². The van der Waals surface area contributed by atoms with E-state index in [-0.39, 0.29) is 24.3 Å². The molecule has 4 atom stereocenters.